The van der Waals surface area contributed by atoms with Crippen molar-refractivity contribution in [2.75, 3.05) is 14.2 Å². The van der Waals surface area contributed by atoms with Crippen LogP contribution in [0.2, 0.25) is 0 Å². The summed E-state index contributed by atoms with van der Waals surface area (Å²) in [7, 11) is 3.38. The van der Waals surface area contributed by atoms with Crippen molar-refractivity contribution in [1.82, 2.24) is 4.90 Å². The molecule has 6 nitrogen and oxygen atoms in total. The minimum atomic E-state index is -0.433. The second-order valence-electron chi connectivity index (χ2n) is 5.60. The molecule has 1 aromatic rings. The van der Waals surface area contributed by atoms with Gasteiger partial charge in [-0.25, -0.2) is 0 Å². The summed E-state index contributed by atoms with van der Waals surface area (Å²) < 4.78 is 5.00. The summed E-state index contributed by atoms with van der Waals surface area (Å²) in [4.78, 5) is 12.7. The number of nitro groups is 1. The standard InChI is InChI=1S/C15H22N2O4/c1-16(12-5-3-4-6-14(12)18)10-11-7-8-15(21-2)13(9-11)17(19)20/h7-9,12,14,18H,3-6,10H2,1-2H3. The number of hydrogen-bond acceptors (Lipinski definition) is 5. The first-order valence-corrected chi connectivity index (χ1v) is 7.22. The van der Waals surface area contributed by atoms with E-state index in [4.69, 9.17) is 4.74 Å². The molecule has 0 spiro atoms. The molecular formula is C15H22N2O4. The predicted molar refractivity (Wildman–Crippen MR) is 79.4 cm³/mol. The summed E-state index contributed by atoms with van der Waals surface area (Å²) in [5.74, 6) is 0.268. The topological polar surface area (TPSA) is 75.8 Å². The number of aliphatic hydroxyl groups excluding tert-OH is 1. The molecular weight excluding hydrogens is 272 g/mol. The third-order valence-electron chi connectivity index (χ3n) is 4.13. The fourth-order valence-corrected chi connectivity index (χ4v) is 2.99. The maximum Gasteiger partial charge on any atom is 0.311 e. The van der Waals surface area contributed by atoms with Crippen LogP contribution < -0.4 is 4.74 Å². The molecule has 0 heterocycles. The summed E-state index contributed by atoms with van der Waals surface area (Å²) in [5.41, 5.74) is 0.829. The molecule has 0 bridgehead atoms. The third kappa shape index (κ3) is 3.71. The molecule has 1 saturated carbocycles. The Hall–Kier alpha value is -1.66. The van der Waals surface area contributed by atoms with Crippen LogP contribution in [-0.2, 0) is 6.54 Å². The van der Waals surface area contributed by atoms with E-state index in [0.717, 1.165) is 31.2 Å². The molecule has 2 rings (SSSR count). The third-order valence-corrected chi connectivity index (χ3v) is 4.13. The zero-order valence-corrected chi connectivity index (χ0v) is 12.5. The van der Waals surface area contributed by atoms with Crippen molar-refractivity contribution in [1.29, 1.82) is 0 Å². The lowest BCUT2D eigenvalue weighted by atomic mass is 9.91. The van der Waals surface area contributed by atoms with E-state index in [1.54, 1.807) is 12.1 Å². The summed E-state index contributed by atoms with van der Waals surface area (Å²) in [6, 6.07) is 5.13. The van der Waals surface area contributed by atoms with Gasteiger partial charge in [0.2, 0.25) is 0 Å². The number of nitro benzene ring substituents is 1. The molecule has 0 saturated heterocycles. The van der Waals surface area contributed by atoms with Gasteiger partial charge >= 0.3 is 5.69 Å². The van der Waals surface area contributed by atoms with E-state index in [1.165, 1.54) is 7.11 Å². The average Bonchev–Trinajstić information content (AvgIpc) is 2.47. The highest BCUT2D eigenvalue weighted by Gasteiger charge is 2.27. The molecule has 1 aliphatic rings. The fourth-order valence-electron chi connectivity index (χ4n) is 2.99. The molecule has 0 aliphatic heterocycles. The lowest BCUT2D eigenvalue weighted by molar-refractivity contribution is -0.385. The SMILES string of the molecule is COc1ccc(CN(C)C2CCCCC2O)cc1[N+](=O)[O-]. The number of nitrogens with zero attached hydrogens (tertiary/aromatic N) is 2. The minimum absolute atomic E-state index is 0.0207. The first-order valence-electron chi connectivity index (χ1n) is 7.22. The van der Waals surface area contributed by atoms with E-state index in [9.17, 15) is 15.2 Å². The second kappa shape index (κ2) is 6.87. The van der Waals surface area contributed by atoms with Crippen molar-refractivity contribution in [2.24, 2.45) is 0 Å². The highest BCUT2D eigenvalue weighted by Crippen LogP contribution is 2.29. The molecule has 1 aliphatic carbocycles. The number of likely N-dealkylation sites (N-methyl/N-ethyl adjacent to an activating group) is 1. The van der Waals surface area contributed by atoms with Crippen LogP contribution in [0, 0.1) is 10.1 Å². The highest BCUT2D eigenvalue weighted by atomic mass is 16.6. The number of aliphatic hydroxyl groups is 1. The molecule has 6 heteroatoms. The van der Waals surface area contributed by atoms with Gasteiger partial charge < -0.3 is 9.84 Å². The highest BCUT2D eigenvalue weighted by molar-refractivity contribution is 5.48. The number of hydrogen-bond donors (Lipinski definition) is 1. The van der Waals surface area contributed by atoms with Crippen LogP contribution in [0.25, 0.3) is 0 Å². The lowest BCUT2D eigenvalue weighted by Gasteiger charge is -2.35. The van der Waals surface area contributed by atoms with E-state index in [2.05, 4.69) is 4.90 Å². The monoisotopic (exact) mass is 294 g/mol. The molecule has 2 atom stereocenters. The maximum atomic E-state index is 11.0. The van der Waals surface area contributed by atoms with Crippen LogP contribution in [0.5, 0.6) is 5.75 Å². The Morgan fingerprint density at radius 3 is 2.76 bits per heavy atom. The number of ether oxygens (including phenoxy) is 1. The van der Waals surface area contributed by atoms with Crippen LogP contribution in [0.1, 0.15) is 31.2 Å². The van der Waals surface area contributed by atoms with Gasteiger partial charge in [0.1, 0.15) is 0 Å². The zero-order valence-electron chi connectivity index (χ0n) is 12.5. The van der Waals surface area contributed by atoms with Gasteiger partial charge in [-0.15, -0.1) is 0 Å². The maximum absolute atomic E-state index is 11.0. The van der Waals surface area contributed by atoms with E-state index in [1.807, 2.05) is 13.1 Å². The second-order valence-corrected chi connectivity index (χ2v) is 5.60. The van der Waals surface area contributed by atoms with E-state index >= 15 is 0 Å². The molecule has 1 aromatic carbocycles. The Morgan fingerprint density at radius 2 is 2.14 bits per heavy atom. The van der Waals surface area contributed by atoms with Crippen molar-refractivity contribution in [3.8, 4) is 5.75 Å². The lowest BCUT2D eigenvalue weighted by Crippen LogP contribution is -2.42. The Morgan fingerprint density at radius 1 is 1.43 bits per heavy atom. The largest absolute Gasteiger partial charge is 0.490 e. The molecule has 21 heavy (non-hydrogen) atoms. The van der Waals surface area contributed by atoms with Gasteiger partial charge in [0.15, 0.2) is 5.75 Å². The van der Waals surface area contributed by atoms with Gasteiger partial charge in [-0.2, -0.15) is 0 Å². The van der Waals surface area contributed by atoms with Gasteiger partial charge in [-0.1, -0.05) is 18.9 Å². The number of rotatable bonds is 5. The normalized spacial score (nSPS) is 22.3. The number of methoxy groups -OCH3 is 1. The van der Waals surface area contributed by atoms with Crippen molar-refractivity contribution < 1.29 is 14.8 Å². The van der Waals surface area contributed by atoms with Gasteiger partial charge in [-0.3, -0.25) is 15.0 Å². The fraction of sp³-hybridized carbons (Fsp3) is 0.600. The molecule has 0 amide bonds. The molecule has 1 fully saturated rings. The van der Waals surface area contributed by atoms with Gasteiger partial charge in [-0.05, 0) is 31.5 Å². The minimum Gasteiger partial charge on any atom is -0.490 e. The molecule has 0 radical (unpaired) electrons. The van der Waals surface area contributed by atoms with Crippen LogP contribution >= 0.6 is 0 Å². The smallest absolute Gasteiger partial charge is 0.311 e. The Balaban J connectivity index is 2.11. The van der Waals surface area contributed by atoms with E-state index in [0.29, 0.717) is 6.54 Å². The summed E-state index contributed by atoms with van der Waals surface area (Å²) in [6.07, 6.45) is 3.68. The average molecular weight is 294 g/mol. The Labute approximate surface area is 124 Å². The predicted octanol–water partition coefficient (Wildman–Crippen LogP) is 2.34. The van der Waals surface area contributed by atoms with Crippen LogP contribution in [-0.4, -0.2) is 41.2 Å². The Kier molecular flexibility index (Phi) is 5.14. The van der Waals surface area contributed by atoms with E-state index in [-0.39, 0.29) is 23.6 Å². The zero-order chi connectivity index (χ0) is 15.4. The van der Waals surface area contributed by atoms with Crippen molar-refractivity contribution in [3.63, 3.8) is 0 Å². The summed E-state index contributed by atoms with van der Waals surface area (Å²) >= 11 is 0. The van der Waals surface area contributed by atoms with Crippen LogP contribution in [0.3, 0.4) is 0 Å². The molecule has 1 N–H and O–H groups in total. The van der Waals surface area contributed by atoms with Gasteiger partial charge in [0, 0.05) is 18.7 Å². The molecule has 116 valence electrons. The van der Waals surface area contributed by atoms with E-state index < -0.39 is 4.92 Å². The summed E-state index contributed by atoms with van der Waals surface area (Å²) in [6.45, 7) is 0.576. The quantitative estimate of drug-likeness (QED) is 0.666. The molecule has 2 unspecified atom stereocenters. The van der Waals surface area contributed by atoms with Crippen LogP contribution in [0.4, 0.5) is 5.69 Å². The van der Waals surface area contributed by atoms with Crippen molar-refractivity contribution in [2.45, 2.75) is 44.4 Å². The van der Waals surface area contributed by atoms with Crippen molar-refractivity contribution >= 4 is 5.69 Å². The molecule has 0 aromatic heterocycles. The first-order chi connectivity index (χ1) is 10.0. The number of benzene rings is 1. The van der Waals surface area contributed by atoms with Crippen LogP contribution in [0.15, 0.2) is 18.2 Å². The van der Waals surface area contributed by atoms with Gasteiger partial charge in [0.05, 0.1) is 18.1 Å². The van der Waals surface area contributed by atoms with Crippen molar-refractivity contribution in [3.05, 3.63) is 33.9 Å². The first kappa shape index (κ1) is 15.7. The Bertz CT molecular complexity index is 506. The van der Waals surface area contributed by atoms with Gasteiger partial charge in [0.25, 0.3) is 0 Å². The summed E-state index contributed by atoms with van der Waals surface area (Å²) in [5, 5.41) is 21.1.